The number of aliphatic carboxylic acids is 1. The summed E-state index contributed by atoms with van der Waals surface area (Å²) in [6, 6.07) is 10.9. The molecule has 1 amide bonds. The van der Waals surface area contributed by atoms with Gasteiger partial charge in [0.15, 0.2) is 0 Å². The second-order valence-corrected chi connectivity index (χ2v) is 12.4. The first-order chi connectivity index (χ1) is 16.2. The SMILES string of the molecule is CC(C)(C)OC(=O)NC(CCS(=N)(=O)CCC(O)c1ccc(-c2ccc(Cl)cc2Cl)cc1)C(=O)O. The summed E-state index contributed by atoms with van der Waals surface area (Å²) in [5, 5.41) is 23.1. The Morgan fingerprint density at radius 2 is 1.69 bits per heavy atom. The van der Waals surface area contributed by atoms with Gasteiger partial charge < -0.3 is 20.3 Å². The molecule has 0 aromatic heterocycles. The summed E-state index contributed by atoms with van der Waals surface area (Å²) in [5.41, 5.74) is 1.42. The molecule has 2 aromatic rings. The zero-order valence-corrected chi connectivity index (χ0v) is 22.0. The van der Waals surface area contributed by atoms with Gasteiger partial charge in [0.05, 0.1) is 6.10 Å². The molecule has 2 rings (SSSR count). The van der Waals surface area contributed by atoms with E-state index in [1.165, 1.54) is 0 Å². The van der Waals surface area contributed by atoms with Gasteiger partial charge in [-0.25, -0.2) is 13.8 Å². The third-order valence-corrected chi connectivity index (χ3v) is 7.32. The van der Waals surface area contributed by atoms with E-state index in [1.54, 1.807) is 63.2 Å². The van der Waals surface area contributed by atoms with Gasteiger partial charge in [0, 0.05) is 36.8 Å². The summed E-state index contributed by atoms with van der Waals surface area (Å²) in [4.78, 5) is 23.3. The van der Waals surface area contributed by atoms with Crippen molar-refractivity contribution in [3.8, 4) is 11.1 Å². The van der Waals surface area contributed by atoms with Gasteiger partial charge in [-0.05, 0) is 56.9 Å². The largest absolute Gasteiger partial charge is 0.480 e. The molecule has 0 aliphatic carbocycles. The number of hydrogen-bond acceptors (Lipinski definition) is 6. The molecule has 0 fully saturated rings. The van der Waals surface area contributed by atoms with Crippen LogP contribution >= 0.6 is 23.2 Å². The number of amides is 1. The number of ether oxygens (including phenoxy) is 1. The van der Waals surface area contributed by atoms with E-state index in [2.05, 4.69) is 5.32 Å². The van der Waals surface area contributed by atoms with Crippen LogP contribution in [0.25, 0.3) is 11.1 Å². The molecule has 0 aliphatic heterocycles. The molecule has 8 nitrogen and oxygen atoms in total. The van der Waals surface area contributed by atoms with Crippen molar-refractivity contribution in [1.29, 1.82) is 4.78 Å². The Balaban J connectivity index is 1.93. The van der Waals surface area contributed by atoms with Crippen molar-refractivity contribution in [1.82, 2.24) is 5.32 Å². The van der Waals surface area contributed by atoms with Gasteiger partial charge in [-0.3, -0.25) is 4.78 Å². The molecular formula is C24H30Cl2N2O6S. The number of aliphatic hydroxyl groups is 1. The normalized spacial score (nSPS) is 15.0. The standard InChI is InChI=1S/C24H30Cl2N2O6S/c1-24(2,3)34-23(32)28-20(22(30)31)10-12-35(27,33)13-11-21(29)16-6-4-15(5-7-16)18-9-8-17(25)14-19(18)26/h4-9,14,20-21,27,29H,10-13H2,1-3H3,(H,28,32)(H,30,31). The second kappa shape index (κ2) is 12.1. The van der Waals surface area contributed by atoms with E-state index in [0.29, 0.717) is 15.6 Å². The van der Waals surface area contributed by atoms with Crippen molar-refractivity contribution in [2.24, 2.45) is 0 Å². The highest BCUT2D eigenvalue weighted by Crippen LogP contribution is 2.31. The van der Waals surface area contributed by atoms with Gasteiger partial charge in [0.25, 0.3) is 0 Å². The van der Waals surface area contributed by atoms with Gasteiger partial charge in [-0.2, -0.15) is 0 Å². The summed E-state index contributed by atoms with van der Waals surface area (Å²) in [6.07, 6.45) is -2.00. The van der Waals surface area contributed by atoms with Crippen LogP contribution in [0.5, 0.6) is 0 Å². The highest BCUT2D eigenvalue weighted by molar-refractivity contribution is 7.92. The number of rotatable bonds is 10. The van der Waals surface area contributed by atoms with E-state index in [-0.39, 0.29) is 24.3 Å². The van der Waals surface area contributed by atoms with Gasteiger partial charge in [0.1, 0.15) is 11.6 Å². The Labute approximate surface area is 215 Å². The zero-order chi connectivity index (χ0) is 26.4. The van der Waals surface area contributed by atoms with Crippen LogP contribution in [0.1, 0.15) is 45.3 Å². The number of benzene rings is 2. The predicted octanol–water partition coefficient (Wildman–Crippen LogP) is 5.50. The van der Waals surface area contributed by atoms with Crippen molar-refractivity contribution >= 4 is 45.0 Å². The maximum absolute atomic E-state index is 12.7. The number of alkyl carbamates (subject to hydrolysis) is 1. The summed E-state index contributed by atoms with van der Waals surface area (Å²) >= 11 is 12.2. The van der Waals surface area contributed by atoms with Crippen LogP contribution in [-0.2, 0) is 19.3 Å². The number of carboxylic acid groups (broad SMARTS) is 1. The molecule has 0 aliphatic rings. The van der Waals surface area contributed by atoms with Crippen molar-refractivity contribution in [2.75, 3.05) is 11.5 Å². The zero-order valence-electron chi connectivity index (χ0n) is 19.7. The Morgan fingerprint density at radius 1 is 1.09 bits per heavy atom. The minimum Gasteiger partial charge on any atom is -0.480 e. The summed E-state index contributed by atoms with van der Waals surface area (Å²) in [7, 11) is -3.19. The number of aliphatic hydroxyl groups excluding tert-OH is 1. The lowest BCUT2D eigenvalue weighted by molar-refractivity contribution is -0.139. The first-order valence-electron chi connectivity index (χ1n) is 10.9. The van der Waals surface area contributed by atoms with E-state index < -0.39 is 39.5 Å². The van der Waals surface area contributed by atoms with Crippen LogP contribution in [-0.4, -0.2) is 49.6 Å². The molecule has 0 saturated heterocycles. The smallest absolute Gasteiger partial charge is 0.408 e. The van der Waals surface area contributed by atoms with Crippen molar-refractivity contribution in [2.45, 2.75) is 51.4 Å². The molecule has 0 bridgehead atoms. The molecular weight excluding hydrogens is 515 g/mol. The monoisotopic (exact) mass is 544 g/mol. The summed E-state index contributed by atoms with van der Waals surface area (Å²) in [5.74, 6) is -1.69. The van der Waals surface area contributed by atoms with Crippen LogP contribution < -0.4 is 5.32 Å². The number of nitrogens with one attached hydrogen (secondary N) is 2. The molecule has 3 atom stereocenters. The first kappa shape index (κ1) is 28.9. The van der Waals surface area contributed by atoms with Crippen LogP contribution in [0.15, 0.2) is 42.5 Å². The van der Waals surface area contributed by atoms with Crippen LogP contribution in [0, 0.1) is 4.78 Å². The molecule has 0 heterocycles. The molecule has 0 spiro atoms. The Morgan fingerprint density at radius 3 is 2.23 bits per heavy atom. The average Bonchev–Trinajstić information content (AvgIpc) is 2.74. The molecule has 0 saturated carbocycles. The van der Waals surface area contributed by atoms with Gasteiger partial charge >= 0.3 is 12.1 Å². The predicted molar refractivity (Wildman–Crippen MR) is 137 cm³/mol. The van der Waals surface area contributed by atoms with E-state index in [1.807, 2.05) is 0 Å². The number of carboxylic acids is 1. The maximum atomic E-state index is 12.7. The molecule has 35 heavy (non-hydrogen) atoms. The highest BCUT2D eigenvalue weighted by Gasteiger charge is 2.25. The third-order valence-electron chi connectivity index (χ3n) is 4.98. The van der Waals surface area contributed by atoms with E-state index in [4.69, 9.17) is 32.7 Å². The van der Waals surface area contributed by atoms with E-state index >= 15 is 0 Å². The molecule has 0 radical (unpaired) electrons. The quantitative estimate of drug-likeness (QED) is 0.311. The van der Waals surface area contributed by atoms with Crippen molar-refractivity contribution in [3.63, 3.8) is 0 Å². The number of halogens is 2. The Bertz CT molecular complexity index is 1150. The van der Waals surface area contributed by atoms with Crippen molar-refractivity contribution in [3.05, 3.63) is 58.1 Å². The van der Waals surface area contributed by atoms with E-state index in [9.17, 15) is 24.0 Å². The lowest BCUT2D eigenvalue weighted by atomic mass is 10.0. The maximum Gasteiger partial charge on any atom is 0.408 e. The minimum absolute atomic E-state index is 0.0562. The van der Waals surface area contributed by atoms with Crippen LogP contribution in [0.4, 0.5) is 4.79 Å². The number of hydrogen-bond donors (Lipinski definition) is 4. The molecule has 4 N–H and O–H groups in total. The van der Waals surface area contributed by atoms with Crippen LogP contribution in [0.2, 0.25) is 10.0 Å². The molecule has 11 heteroatoms. The second-order valence-electron chi connectivity index (χ2n) is 9.10. The average molecular weight is 545 g/mol. The van der Waals surface area contributed by atoms with Gasteiger partial charge in [0.2, 0.25) is 0 Å². The van der Waals surface area contributed by atoms with E-state index in [0.717, 1.165) is 11.1 Å². The molecule has 3 unspecified atom stereocenters. The molecule has 192 valence electrons. The minimum atomic E-state index is -3.19. The van der Waals surface area contributed by atoms with Gasteiger partial charge in [-0.1, -0.05) is 53.5 Å². The number of carbonyl (C=O) groups excluding carboxylic acids is 1. The lowest BCUT2D eigenvalue weighted by Gasteiger charge is -2.22. The first-order valence-corrected chi connectivity index (χ1v) is 13.5. The van der Waals surface area contributed by atoms with Crippen molar-refractivity contribution < 1.29 is 28.7 Å². The number of carbonyl (C=O) groups is 2. The Hall–Kier alpha value is -2.33. The lowest BCUT2D eigenvalue weighted by Crippen LogP contribution is -2.44. The molecule has 2 aromatic carbocycles. The summed E-state index contributed by atoms with van der Waals surface area (Å²) < 4.78 is 25.8. The topological polar surface area (TPSA) is 137 Å². The fourth-order valence-electron chi connectivity index (χ4n) is 3.19. The fraction of sp³-hybridized carbons (Fsp3) is 0.417. The highest BCUT2D eigenvalue weighted by atomic mass is 35.5. The summed E-state index contributed by atoms with van der Waals surface area (Å²) in [6.45, 7) is 4.93. The third kappa shape index (κ3) is 9.68. The van der Waals surface area contributed by atoms with Gasteiger partial charge in [-0.15, -0.1) is 0 Å². The van der Waals surface area contributed by atoms with Crippen LogP contribution in [0.3, 0.4) is 0 Å². The fourth-order valence-corrected chi connectivity index (χ4v) is 5.14. The Kier molecular flexibility index (Phi) is 9.97.